The summed E-state index contributed by atoms with van der Waals surface area (Å²) in [4.78, 5) is 28.8. The predicted molar refractivity (Wildman–Crippen MR) is 163 cm³/mol. The molecule has 0 radical (unpaired) electrons. The lowest BCUT2D eigenvalue weighted by Crippen LogP contribution is -2.41. The van der Waals surface area contributed by atoms with Gasteiger partial charge in [0.15, 0.2) is 18.2 Å². The molecule has 2 heterocycles. The third-order valence-electron chi connectivity index (χ3n) is 7.00. The zero-order valence-corrected chi connectivity index (χ0v) is 26.5. The first-order chi connectivity index (χ1) is 21.5. The van der Waals surface area contributed by atoms with Crippen LogP contribution in [0, 0.1) is 0 Å². The van der Waals surface area contributed by atoms with E-state index in [0.29, 0.717) is 56.5 Å². The minimum absolute atomic E-state index is 0.00667. The molecule has 1 N–H and O–H groups in total. The smallest absolute Gasteiger partial charge is 0.331 e. The number of fused-ring (bicyclic) bond motifs is 1. The molecule has 1 amide bonds. The molecule has 1 aliphatic rings. The van der Waals surface area contributed by atoms with Crippen LogP contribution < -0.4 is 23.7 Å². The number of hydrogen-bond donors (Lipinski definition) is 1. The Bertz CT molecular complexity index is 1680. The van der Waals surface area contributed by atoms with Gasteiger partial charge in [0, 0.05) is 50.2 Å². The summed E-state index contributed by atoms with van der Waals surface area (Å²) >= 11 is 0. The fourth-order valence-corrected chi connectivity index (χ4v) is 5.29. The summed E-state index contributed by atoms with van der Waals surface area (Å²) in [6.45, 7) is 1.47. The standard InChI is InChI=1S/C30H36N4O10S/c1-6-7-8-29-31-16-22(12-21(30(36)37)11-20-13-27-28(44-19-43-27)15-25(20)41-5)34(29)24-10-9-23(40-4)14-26(24)42-18-33(17-35)45(38,39)32(2)3/h9-10,12-17H,6-8,11,18-19H2,1-5H3,(H,36,37)/b21-12+. The number of nitrogens with zero attached hydrogens (tertiary/aromatic N) is 4. The molecule has 0 spiro atoms. The maximum atomic E-state index is 12.6. The molecule has 1 aromatic heterocycles. The van der Waals surface area contributed by atoms with E-state index in [1.165, 1.54) is 34.4 Å². The van der Waals surface area contributed by atoms with Crippen LogP contribution >= 0.6 is 0 Å². The monoisotopic (exact) mass is 644 g/mol. The van der Waals surface area contributed by atoms with Crippen molar-refractivity contribution in [1.82, 2.24) is 18.2 Å². The number of methoxy groups -OCH3 is 2. The van der Waals surface area contributed by atoms with Crippen LogP contribution in [0.1, 0.15) is 36.8 Å². The summed E-state index contributed by atoms with van der Waals surface area (Å²) < 4.78 is 56.0. The molecule has 0 saturated carbocycles. The van der Waals surface area contributed by atoms with Gasteiger partial charge in [-0.25, -0.2) is 9.78 Å². The summed E-state index contributed by atoms with van der Waals surface area (Å²) in [6.07, 6.45) is 5.47. The number of ether oxygens (including phenoxy) is 5. The van der Waals surface area contributed by atoms with Crippen LogP contribution in [0.4, 0.5) is 0 Å². The van der Waals surface area contributed by atoms with Crippen molar-refractivity contribution in [2.75, 3.05) is 41.8 Å². The average Bonchev–Trinajstić information content (AvgIpc) is 3.65. The van der Waals surface area contributed by atoms with E-state index in [9.17, 15) is 23.1 Å². The van der Waals surface area contributed by atoms with Crippen molar-refractivity contribution in [3.8, 4) is 34.4 Å². The van der Waals surface area contributed by atoms with Gasteiger partial charge in [0.25, 0.3) is 0 Å². The number of aryl methyl sites for hydroxylation is 1. The van der Waals surface area contributed by atoms with Crippen molar-refractivity contribution in [2.24, 2.45) is 0 Å². The molecule has 45 heavy (non-hydrogen) atoms. The fourth-order valence-electron chi connectivity index (χ4n) is 4.58. The van der Waals surface area contributed by atoms with Gasteiger partial charge in [-0.3, -0.25) is 9.36 Å². The molecule has 4 rings (SSSR count). The number of aliphatic carboxylic acids is 1. The summed E-state index contributed by atoms with van der Waals surface area (Å²) in [5.41, 5.74) is 1.48. The zero-order chi connectivity index (χ0) is 32.7. The van der Waals surface area contributed by atoms with Crippen LogP contribution in [0.15, 0.2) is 42.1 Å². The molecule has 3 aromatic rings. The number of hydrogen-bond acceptors (Lipinski definition) is 10. The van der Waals surface area contributed by atoms with Crippen LogP contribution in [0.3, 0.4) is 0 Å². The molecule has 0 atom stereocenters. The van der Waals surface area contributed by atoms with Gasteiger partial charge in [0.05, 0.1) is 31.8 Å². The van der Waals surface area contributed by atoms with Gasteiger partial charge < -0.3 is 28.8 Å². The maximum absolute atomic E-state index is 12.6. The van der Waals surface area contributed by atoms with E-state index in [0.717, 1.165) is 17.1 Å². The van der Waals surface area contributed by atoms with Crippen LogP contribution in [0.5, 0.6) is 28.7 Å². The molecule has 0 unspecified atom stereocenters. The van der Waals surface area contributed by atoms with E-state index in [2.05, 4.69) is 4.98 Å². The Morgan fingerprint density at radius 1 is 1.11 bits per heavy atom. The van der Waals surface area contributed by atoms with E-state index in [-0.39, 0.29) is 30.9 Å². The van der Waals surface area contributed by atoms with Crippen molar-refractivity contribution >= 4 is 28.7 Å². The lowest BCUT2D eigenvalue weighted by atomic mass is 10.0. The zero-order valence-electron chi connectivity index (χ0n) is 25.7. The number of unbranched alkanes of at least 4 members (excludes halogenated alkanes) is 1. The van der Waals surface area contributed by atoms with Gasteiger partial charge in [-0.2, -0.15) is 17.0 Å². The lowest BCUT2D eigenvalue weighted by Gasteiger charge is -2.23. The predicted octanol–water partition coefficient (Wildman–Crippen LogP) is 3.27. The highest BCUT2D eigenvalue weighted by molar-refractivity contribution is 7.87. The Morgan fingerprint density at radius 2 is 1.84 bits per heavy atom. The second-order valence-electron chi connectivity index (χ2n) is 10.1. The molecule has 0 saturated heterocycles. The van der Waals surface area contributed by atoms with Gasteiger partial charge in [-0.1, -0.05) is 13.3 Å². The first-order valence-electron chi connectivity index (χ1n) is 14.0. The van der Waals surface area contributed by atoms with Gasteiger partial charge in [0.2, 0.25) is 13.2 Å². The van der Waals surface area contributed by atoms with E-state index >= 15 is 0 Å². The van der Waals surface area contributed by atoms with E-state index in [1.54, 1.807) is 41.1 Å². The number of imidazole rings is 1. The van der Waals surface area contributed by atoms with Gasteiger partial charge >= 0.3 is 16.2 Å². The van der Waals surface area contributed by atoms with Crippen LogP contribution in [0.2, 0.25) is 0 Å². The Hall–Kier alpha value is -4.76. The largest absolute Gasteiger partial charge is 0.497 e. The third-order valence-corrected chi connectivity index (χ3v) is 8.71. The Morgan fingerprint density at radius 3 is 2.47 bits per heavy atom. The number of carbonyl (C=O) groups is 2. The molecule has 0 fully saturated rings. The number of aromatic nitrogens is 2. The first-order valence-corrected chi connectivity index (χ1v) is 15.4. The Kier molecular flexibility index (Phi) is 10.6. The molecular weight excluding hydrogens is 608 g/mol. The average molecular weight is 645 g/mol. The first kappa shape index (κ1) is 33.1. The van der Waals surface area contributed by atoms with Crippen molar-refractivity contribution in [3.05, 3.63) is 59.2 Å². The van der Waals surface area contributed by atoms with Gasteiger partial charge in [-0.05, 0) is 30.7 Å². The lowest BCUT2D eigenvalue weighted by molar-refractivity contribution is -0.132. The number of amides is 1. The van der Waals surface area contributed by atoms with E-state index < -0.39 is 22.9 Å². The number of carboxylic acid groups (broad SMARTS) is 1. The molecule has 1 aliphatic heterocycles. The van der Waals surface area contributed by atoms with E-state index in [4.69, 9.17) is 23.7 Å². The number of carboxylic acids is 1. The minimum Gasteiger partial charge on any atom is -0.497 e. The van der Waals surface area contributed by atoms with Gasteiger partial charge in [-0.15, -0.1) is 0 Å². The molecule has 242 valence electrons. The van der Waals surface area contributed by atoms with Gasteiger partial charge in [0.1, 0.15) is 23.1 Å². The molecule has 2 aromatic carbocycles. The quantitative estimate of drug-likeness (QED) is 0.139. The molecule has 14 nitrogen and oxygen atoms in total. The number of rotatable bonds is 16. The second-order valence-corrected chi connectivity index (χ2v) is 12.2. The highest BCUT2D eigenvalue weighted by Gasteiger charge is 2.25. The molecular formula is C30H36N4O10S. The number of carbonyl (C=O) groups excluding carboxylic acids is 1. The SMILES string of the molecule is CCCCc1ncc(/C=C(\Cc2cc3c(cc2OC)OCO3)C(=O)O)n1-c1ccc(OC)cc1OCN(C=O)S(=O)(=O)N(C)C. The van der Waals surface area contributed by atoms with Crippen molar-refractivity contribution < 1.29 is 46.8 Å². The third kappa shape index (κ3) is 7.32. The van der Waals surface area contributed by atoms with Crippen LogP contribution in [-0.4, -0.2) is 85.9 Å². The molecule has 0 aliphatic carbocycles. The normalized spacial score (nSPS) is 12.7. The Balaban J connectivity index is 1.81. The van der Waals surface area contributed by atoms with Crippen LogP contribution in [-0.2, 0) is 32.6 Å². The maximum Gasteiger partial charge on any atom is 0.331 e. The highest BCUT2D eigenvalue weighted by Crippen LogP contribution is 2.39. The summed E-state index contributed by atoms with van der Waals surface area (Å²) in [7, 11) is 1.44. The topological polar surface area (TPSA) is 159 Å². The van der Waals surface area contributed by atoms with E-state index in [1.807, 2.05) is 6.92 Å². The summed E-state index contributed by atoms with van der Waals surface area (Å²) in [6, 6.07) is 8.27. The number of benzene rings is 2. The van der Waals surface area contributed by atoms with Crippen molar-refractivity contribution in [3.63, 3.8) is 0 Å². The molecule has 0 bridgehead atoms. The summed E-state index contributed by atoms with van der Waals surface area (Å²) in [5.74, 6) is 1.50. The fraction of sp³-hybridized carbons (Fsp3) is 0.367. The van der Waals surface area contributed by atoms with Crippen molar-refractivity contribution in [2.45, 2.75) is 32.6 Å². The Labute approximate surface area is 261 Å². The molecule has 15 heteroatoms. The second kappa shape index (κ2) is 14.3. The minimum atomic E-state index is -4.11. The highest BCUT2D eigenvalue weighted by atomic mass is 32.2. The van der Waals surface area contributed by atoms with Crippen molar-refractivity contribution in [1.29, 1.82) is 0 Å². The summed E-state index contributed by atoms with van der Waals surface area (Å²) in [5, 5.41) is 10.2. The van der Waals surface area contributed by atoms with Crippen LogP contribution in [0.25, 0.3) is 11.8 Å².